The standard InChI is InChI=1S/C11H14F3N/c1-7(2)8-3-5-9(6-4-8)10(15)11(12,13)14/h3-7,10H,15H2,1-2H3/t10-/m0/s1. The number of benzene rings is 1. The van der Waals surface area contributed by atoms with E-state index in [4.69, 9.17) is 5.73 Å². The number of hydrogen-bond acceptors (Lipinski definition) is 1. The molecule has 1 nitrogen and oxygen atoms in total. The van der Waals surface area contributed by atoms with Gasteiger partial charge in [0.25, 0.3) is 0 Å². The van der Waals surface area contributed by atoms with Gasteiger partial charge in [0, 0.05) is 0 Å². The molecule has 84 valence electrons. The predicted octanol–water partition coefficient (Wildman–Crippen LogP) is 3.37. The minimum absolute atomic E-state index is 0.104. The van der Waals surface area contributed by atoms with Gasteiger partial charge in [-0.2, -0.15) is 13.2 Å². The Kier molecular flexibility index (Phi) is 3.39. The van der Waals surface area contributed by atoms with E-state index >= 15 is 0 Å². The van der Waals surface area contributed by atoms with Crippen LogP contribution in [0.1, 0.15) is 36.9 Å². The molecule has 0 radical (unpaired) electrons. The fourth-order valence-corrected chi connectivity index (χ4v) is 1.28. The SMILES string of the molecule is CC(C)c1ccc([C@H](N)C(F)(F)F)cc1. The van der Waals surface area contributed by atoms with Crippen LogP contribution in [0.3, 0.4) is 0 Å². The van der Waals surface area contributed by atoms with E-state index in [0.29, 0.717) is 5.92 Å². The number of hydrogen-bond donors (Lipinski definition) is 1. The van der Waals surface area contributed by atoms with E-state index in [9.17, 15) is 13.2 Å². The Morgan fingerprint density at radius 2 is 1.40 bits per heavy atom. The summed E-state index contributed by atoms with van der Waals surface area (Å²) in [5, 5.41) is 0. The largest absolute Gasteiger partial charge is 0.407 e. The molecule has 0 bridgehead atoms. The molecule has 0 spiro atoms. The maximum atomic E-state index is 12.3. The minimum Gasteiger partial charge on any atom is -0.316 e. The summed E-state index contributed by atoms with van der Waals surface area (Å²) >= 11 is 0. The predicted molar refractivity (Wildman–Crippen MR) is 53.5 cm³/mol. The first-order valence-corrected chi connectivity index (χ1v) is 4.74. The Morgan fingerprint density at radius 3 is 1.73 bits per heavy atom. The summed E-state index contributed by atoms with van der Waals surface area (Å²) in [6, 6.07) is 4.36. The molecule has 0 heterocycles. The highest BCUT2D eigenvalue weighted by molar-refractivity contribution is 5.27. The summed E-state index contributed by atoms with van der Waals surface area (Å²) in [6.45, 7) is 3.97. The summed E-state index contributed by atoms with van der Waals surface area (Å²) < 4.78 is 36.8. The van der Waals surface area contributed by atoms with E-state index in [1.54, 1.807) is 12.1 Å². The molecule has 0 saturated heterocycles. The van der Waals surface area contributed by atoms with Gasteiger partial charge in [-0.3, -0.25) is 0 Å². The summed E-state index contributed by atoms with van der Waals surface area (Å²) in [7, 11) is 0. The maximum Gasteiger partial charge on any atom is 0.407 e. The number of halogens is 3. The highest BCUT2D eigenvalue weighted by Crippen LogP contribution is 2.30. The molecule has 0 aromatic heterocycles. The lowest BCUT2D eigenvalue weighted by molar-refractivity contribution is -0.149. The van der Waals surface area contributed by atoms with Gasteiger partial charge in [0.1, 0.15) is 6.04 Å². The second kappa shape index (κ2) is 4.23. The molecule has 15 heavy (non-hydrogen) atoms. The summed E-state index contributed by atoms with van der Waals surface area (Å²) in [4.78, 5) is 0. The van der Waals surface area contributed by atoms with Crippen LogP contribution in [-0.2, 0) is 0 Å². The average Bonchev–Trinajstić information content (AvgIpc) is 2.15. The molecule has 1 aromatic rings. The molecular formula is C11H14F3N. The van der Waals surface area contributed by atoms with E-state index in [1.165, 1.54) is 12.1 Å². The van der Waals surface area contributed by atoms with Crippen LogP contribution in [0, 0.1) is 0 Å². The van der Waals surface area contributed by atoms with Gasteiger partial charge in [-0.15, -0.1) is 0 Å². The van der Waals surface area contributed by atoms with Gasteiger partial charge >= 0.3 is 6.18 Å². The van der Waals surface area contributed by atoms with Crippen molar-refractivity contribution in [3.8, 4) is 0 Å². The topological polar surface area (TPSA) is 26.0 Å². The van der Waals surface area contributed by atoms with E-state index in [0.717, 1.165) is 5.56 Å². The summed E-state index contributed by atoms with van der Waals surface area (Å²) in [5.41, 5.74) is 6.18. The Hall–Kier alpha value is -1.03. The van der Waals surface area contributed by atoms with Crippen LogP contribution in [0.2, 0.25) is 0 Å². The van der Waals surface area contributed by atoms with Gasteiger partial charge in [-0.1, -0.05) is 38.1 Å². The fraction of sp³-hybridized carbons (Fsp3) is 0.455. The minimum atomic E-state index is -4.38. The molecule has 4 heteroatoms. The molecule has 2 N–H and O–H groups in total. The van der Waals surface area contributed by atoms with Gasteiger partial charge in [-0.25, -0.2) is 0 Å². The van der Waals surface area contributed by atoms with Crippen molar-refractivity contribution in [2.75, 3.05) is 0 Å². The molecule has 1 atom stereocenters. The van der Waals surface area contributed by atoms with Crippen molar-refractivity contribution < 1.29 is 13.2 Å². The maximum absolute atomic E-state index is 12.3. The average molecular weight is 217 g/mol. The van der Waals surface area contributed by atoms with Crippen LogP contribution in [0.15, 0.2) is 24.3 Å². The number of rotatable bonds is 2. The van der Waals surface area contributed by atoms with E-state index in [1.807, 2.05) is 13.8 Å². The highest BCUT2D eigenvalue weighted by Gasteiger charge is 2.37. The lowest BCUT2D eigenvalue weighted by Gasteiger charge is -2.16. The zero-order chi connectivity index (χ0) is 11.6. The first-order chi connectivity index (χ1) is 6.82. The zero-order valence-electron chi connectivity index (χ0n) is 8.68. The van der Waals surface area contributed by atoms with Crippen LogP contribution < -0.4 is 5.73 Å². The van der Waals surface area contributed by atoms with Crippen molar-refractivity contribution in [2.24, 2.45) is 5.73 Å². The normalized spacial score (nSPS) is 14.3. The van der Waals surface area contributed by atoms with Crippen LogP contribution in [-0.4, -0.2) is 6.18 Å². The van der Waals surface area contributed by atoms with Gasteiger partial charge in [0.2, 0.25) is 0 Å². The molecule has 0 aliphatic rings. The molecule has 1 aromatic carbocycles. The van der Waals surface area contributed by atoms with Gasteiger partial charge in [-0.05, 0) is 17.0 Å². The smallest absolute Gasteiger partial charge is 0.316 e. The molecular weight excluding hydrogens is 203 g/mol. The molecule has 0 amide bonds. The summed E-state index contributed by atoms with van der Waals surface area (Å²) in [5.74, 6) is 0.307. The van der Waals surface area contributed by atoms with E-state index in [-0.39, 0.29) is 5.56 Å². The highest BCUT2D eigenvalue weighted by atomic mass is 19.4. The van der Waals surface area contributed by atoms with Crippen LogP contribution in [0.25, 0.3) is 0 Å². The van der Waals surface area contributed by atoms with Gasteiger partial charge in [0.05, 0.1) is 0 Å². The van der Waals surface area contributed by atoms with Crippen molar-refractivity contribution in [3.05, 3.63) is 35.4 Å². The Bertz CT molecular complexity index is 314. The lowest BCUT2D eigenvalue weighted by Crippen LogP contribution is -2.28. The second-order valence-electron chi connectivity index (χ2n) is 3.84. The Balaban J connectivity index is 2.89. The fourth-order valence-electron chi connectivity index (χ4n) is 1.28. The molecule has 0 aliphatic heterocycles. The van der Waals surface area contributed by atoms with Gasteiger partial charge < -0.3 is 5.73 Å². The Labute approximate surface area is 87.1 Å². The van der Waals surface area contributed by atoms with Crippen LogP contribution in [0.5, 0.6) is 0 Å². The zero-order valence-corrected chi connectivity index (χ0v) is 8.68. The van der Waals surface area contributed by atoms with Crippen molar-refractivity contribution in [1.82, 2.24) is 0 Å². The first kappa shape index (κ1) is 12.0. The third kappa shape index (κ3) is 2.96. The molecule has 0 unspecified atom stereocenters. The Morgan fingerprint density at radius 1 is 1.00 bits per heavy atom. The van der Waals surface area contributed by atoms with Crippen molar-refractivity contribution >= 4 is 0 Å². The van der Waals surface area contributed by atoms with Gasteiger partial charge in [0.15, 0.2) is 0 Å². The van der Waals surface area contributed by atoms with Crippen molar-refractivity contribution in [3.63, 3.8) is 0 Å². The summed E-state index contributed by atoms with van der Waals surface area (Å²) in [6.07, 6.45) is -4.38. The van der Waals surface area contributed by atoms with E-state index in [2.05, 4.69) is 0 Å². The van der Waals surface area contributed by atoms with Crippen molar-refractivity contribution in [2.45, 2.75) is 32.0 Å². The number of alkyl halides is 3. The number of nitrogens with two attached hydrogens (primary N) is 1. The first-order valence-electron chi connectivity index (χ1n) is 4.74. The van der Waals surface area contributed by atoms with Crippen molar-refractivity contribution in [1.29, 1.82) is 0 Å². The van der Waals surface area contributed by atoms with Crippen LogP contribution in [0.4, 0.5) is 13.2 Å². The lowest BCUT2D eigenvalue weighted by atomic mass is 9.99. The third-order valence-corrected chi connectivity index (χ3v) is 2.31. The second-order valence-corrected chi connectivity index (χ2v) is 3.84. The van der Waals surface area contributed by atoms with Crippen LogP contribution >= 0.6 is 0 Å². The molecule has 0 saturated carbocycles. The quantitative estimate of drug-likeness (QED) is 0.807. The molecule has 1 rings (SSSR count). The molecule has 0 aliphatic carbocycles. The molecule has 0 fully saturated rings. The van der Waals surface area contributed by atoms with E-state index < -0.39 is 12.2 Å². The monoisotopic (exact) mass is 217 g/mol. The third-order valence-electron chi connectivity index (χ3n) is 2.31.